The number of aliphatic hydroxyl groups excluding tert-OH is 1. The number of aromatic nitrogens is 1. The van der Waals surface area contributed by atoms with Crippen LogP contribution in [0.15, 0.2) is 24.3 Å². The van der Waals surface area contributed by atoms with Crippen molar-refractivity contribution >= 4 is 28.6 Å². The Kier molecular flexibility index (Phi) is 6.58. The molecule has 2 saturated heterocycles. The van der Waals surface area contributed by atoms with Crippen molar-refractivity contribution in [3.63, 3.8) is 0 Å². The topological polar surface area (TPSA) is 148 Å². The summed E-state index contributed by atoms with van der Waals surface area (Å²) in [6.07, 6.45) is 2.09. The van der Waals surface area contributed by atoms with Gasteiger partial charge in [0, 0.05) is 29.9 Å². The Labute approximate surface area is 209 Å². The highest BCUT2D eigenvalue weighted by Gasteiger charge is 2.50. The number of ether oxygens (including phenoxy) is 1. The summed E-state index contributed by atoms with van der Waals surface area (Å²) in [7, 11) is 1.58. The Morgan fingerprint density at radius 3 is 2.89 bits per heavy atom. The average molecular weight is 494 g/mol. The fourth-order valence-electron chi connectivity index (χ4n) is 6.23. The molecule has 36 heavy (non-hydrogen) atoms. The van der Waals surface area contributed by atoms with E-state index in [0.717, 1.165) is 30.2 Å². The molecule has 3 fully saturated rings. The highest BCUT2D eigenvalue weighted by Crippen LogP contribution is 2.43. The van der Waals surface area contributed by atoms with Crippen molar-refractivity contribution in [3.8, 4) is 11.8 Å². The molecule has 3 heterocycles. The molecule has 6 unspecified atom stereocenters. The molecule has 1 aromatic heterocycles. The van der Waals surface area contributed by atoms with Gasteiger partial charge in [-0.25, -0.2) is 0 Å². The number of fused-ring (bicyclic) bond motifs is 2. The van der Waals surface area contributed by atoms with Crippen LogP contribution in [0.2, 0.25) is 0 Å². The minimum atomic E-state index is -1.45. The van der Waals surface area contributed by atoms with Gasteiger partial charge in [-0.05, 0) is 55.7 Å². The van der Waals surface area contributed by atoms with E-state index in [0.29, 0.717) is 31.0 Å². The largest absolute Gasteiger partial charge is 0.496 e. The lowest BCUT2D eigenvalue weighted by Crippen LogP contribution is -2.54. The summed E-state index contributed by atoms with van der Waals surface area (Å²) in [5.74, 6) is -0.271. The Morgan fingerprint density at radius 2 is 2.17 bits per heavy atom. The molecule has 1 saturated carbocycles. The first-order valence-corrected chi connectivity index (χ1v) is 12.5. The average Bonchev–Trinajstić information content (AvgIpc) is 3.66. The second kappa shape index (κ2) is 9.82. The van der Waals surface area contributed by atoms with E-state index >= 15 is 0 Å². The van der Waals surface area contributed by atoms with Gasteiger partial charge in [-0.3, -0.25) is 14.4 Å². The van der Waals surface area contributed by atoms with Crippen molar-refractivity contribution in [1.82, 2.24) is 20.5 Å². The molecule has 2 aliphatic heterocycles. The fraction of sp³-hybridized carbons (Fsp3) is 0.538. The van der Waals surface area contributed by atoms with Crippen LogP contribution in [-0.2, 0) is 9.59 Å². The lowest BCUT2D eigenvalue weighted by Gasteiger charge is -2.30. The number of methoxy groups -OCH3 is 1. The van der Waals surface area contributed by atoms with Crippen LogP contribution in [0.1, 0.15) is 42.6 Å². The molecule has 3 amide bonds. The predicted octanol–water partition coefficient (Wildman–Crippen LogP) is 1.31. The van der Waals surface area contributed by atoms with Crippen molar-refractivity contribution in [2.45, 2.75) is 50.3 Å². The number of hydrogen-bond donors (Lipinski definition) is 4. The van der Waals surface area contributed by atoms with Crippen LogP contribution in [0, 0.1) is 29.1 Å². The Morgan fingerprint density at radius 1 is 1.33 bits per heavy atom. The summed E-state index contributed by atoms with van der Waals surface area (Å²) in [5, 5.41) is 26.0. The quantitative estimate of drug-likeness (QED) is 0.428. The third kappa shape index (κ3) is 4.28. The number of carbonyl (C=O) groups excluding carboxylic acids is 3. The van der Waals surface area contributed by atoms with Gasteiger partial charge in [0.25, 0.3) is 5.91 Å². The SMILES string of the molecule is COc1cccc2[nH]c(C(=O)N3CC4CCCC4C3C(=O)NC(CC3CCNC3=O)C(O)C#N)cc12. The zero-order valence-electron chi connectivity index (χ0n) is 20.2. The molecule has 0 bridgehead atoms. The van der Waals surface area contributed by atoms with Gasteiger partial charge in [0.15, 0.2) is 6.10 Å². The van der Waals surface area contributed by atoms with Crippen molar-refractivity contribution in [1.29, 1.82) is 5.26 Å². The summed E-state index contributed by atoms with van der Waals surface area (Å²) in [6, 6.07) is 7.47. The van der Waals surface area contributed by atoms with Crippen molar-refractivity contribution in [3.05, 3.63) is 30.0 Å². The van der Waals surface area contributed by atoms with Crippen molar-refractivity contribution < 1.29 is 24.2 Å². The lowest BCUT2D eigenvalue weighted by molar-refractivity contribution is -0.128. The van der Waals surface area contributed by atoms with Crippen LogP contribution in [0.4, 0.5) is 0 Å². The van der Waals surface area contributed by atoms with Gasteiger partial charge in [0.1, 0.15) is 17.5 Å². The number of benzene rings is 1. The lowest BCUT2D eigenvalue weighted by atomic mass is 9.91. The fourth-order valence-corrected chi connectivity index (χ4v) is 6.23. The monoisotopic (exact) mass is 493 g/mol. The van der Waals surface area contributed by atoms with Crippen molar-refractivity contribution in [2.75, 3.05) is 20.2 Å². The first-order valence-electron chi connectivity index (χ1n) is 12.5. The smallest absolute Gasteiger partial charge is 0.271 e. The van der Waals surface area contributed by atoms with Crippen LogP contribution in [0.3, 0.4) is 0 Å². The number of aromatic amines is 1. The Balaban J connectivity index is 1.39. The summed E-state index contributed by atoms with van der Waals surface area (Å²) >= 11 is 0. The highest BCUT2D eigenvalue weighted by atomic mass is 16.5. The van der Waals surface area contributed by atoms with Gasteiger partial charge in [-0.1, -0.05) is 12.5 Å². The van der Waals surface area contributed by atoms with Crippen LogP contribution >= 0.6 is 0 Å². The van der Waals surface area contributed by atoms with Crippen LogP contribution in [-0.4, -0.2) is 71.1 Å². The highest BCUT2D eigenvalue weighted by molar-refractivity contribution is 6.02. The van der Waals surface area contributed by atoms with Gasteiger partial charge in [0.2, 0.25) is 11.8 Å². The predicted molar refractivity (Wildman–Crippen MR) is 130 cm³/mol. The number of nitrogens with zero attached hydrogens (tertiary/aromatic N) is 2. The van der Waals surface area contributed by atoms with Crippen LogP contribution < -0.4 is 15.4 Å². The van der Waals surface area contributed by atoms with E-state index in [9.17, 15) is 24.8 Å². The number of carbonyl (C=O) groups is 3. The third-order valence-electron chi connectivity index (χ3n) is 8.04. The number of nitrogens with one attached hydrogen (secondary N) is 3. The van der Waals surface area contributed by atoms with E-state index in [2.05, 4.69) is 15.6 Å². The number of H-pyrrole nitrogens is 1. The minimum absolute atomic E-state index is 0.0162. The molecule has 3 aliphatic rings. The molecule has 10 nitrogen and oxygen atoms in total. The molecule has 190 valence electrons. The first-order chi connectivity index (χ1) is 17.4. The molecule has 1 aromatic carbocycles. The second-order valence-corrected chi connectivity index (χ2v) is 10.1. The second-order valence-electron chi connectivity index (χ2n) is 10.1. The van der Waals surface area contributed by atoms with Gasteiger partial charge in [-0.15, -0.1) is 0 Å². The van der Waals surface area contributed by atoms with Crippen LogP contribution in [0.25, 0.3) is 10.9 Å². The molecular formula is C26H31N5O5. The number of hydrogen-bond acceptors (Lipinski definition) is 6. The van der Waals surface area contributed by atoms with Gasteiger partial charge in [0.05, 0.1) is 19.2 Å². The molecule has 2 aromatic rings. The van der Waals surface area contributed by atoms with Crippen LogP contribution in [0.5, 0.6) is 5.75 Å². The Hall–Kier alpha value is -3.58. The van der Waals surface area contributed by atoms with Gasteiger partial charge >= 0.3 is 0 Å². The van der Waals surface area contributed by atoms with E-state index in [-0.39, 0.29) is 41.9 Å². The van der Waals surface area contributed by atoms with E-state index < -0.39 is 18.2 Å². The molecule has 5 rings (SSSR count). The summed E-state index contributed by atoms with van der Waals surface area (Å²) in [6.45, 7) is 1.02. The zero-order chi connectivity index (χ0) is 25.4. The molecule has 1 aliphatic carbocycles. The molecule has 0 radical (unpaired) electrons. The maximum absolute atomic E-state index is 13.7. The standard InChI is InChI=1S/C26H31N5O5/c1-36-22-7-3-6-18-17(22)11-20(29-18)26(35)31-13-15-4-2-5-16(15)23(31)25(34)30-19(21(32)12-27)10-14-8-9-28-24(14)33/h3,6-7,11,14-16,19,21,23,29,32H,2,4-5,8-10,13H2,1H3,(H,28,33)(H,30,34). The number of aliphatic hydroxyl groups is 1. The maximum Gasteiger partial charge on any atom is 0.271 e. The number of likely N-dealkylation sites (tertiary alicyclic amines) is 1. The first kappa shape index (κ1) is 24.1. The van der Waals surface area contributed by atoms with Gasteiger partial charge in [-0.2, -0.15) is 5.26 Å². The molecule has 6 atom stereocenters. The van der Waals surface area contributed by atoms with Crippen molar-refractivity contribution in [2.24, 2.45) is 17.8 Å². The van der Waals surface area contributed by atoms with Gasteiger partial charge < -0.3 is 30.4 Å². The number of nitriles is 1. The summed E-state index contributed by atoms with van der Waals surface area (Å²) in [4.78, 5) is 44.2. The molecule has 0 spiro atoms. The van der Waals surface area contributed by atoms with E-state index in [4.69, 9.17) is 4.74 Å². The Bertz CT molecular complexity index is 1220. The summed E-state index contributed by atoms with van der Waals surface area (Å²) < 4.78 is 5.42. The number of rotatable bonds is 7. The van der Waals surface area contributed by atoms with E-state index in [1.54, 1.807) is 24.1 Å². The molecular weight excluding hydrogens is 462 g/mol. The molecule has 10 heteroatoms. The summed E-state index contributed by atoms with van der Waals surface area (Å²) in [5.41, 5.74) is 1.15. The minimum Gasteiger partial charge on any atom is -0.496 e. The number of amides is 3. The zero-order valence-corrected chi connectivity index (χ0v) is 20.2. The van der Waals surface area contributed by atoms with E-state index in [1.807, 2.05) is 18.2 Å². The normalized spacial score (nSPS) is 26.8. The maximum atomic E-state index is 13.7. The third-order valence-corrected chi connectivity index (χ3v) is 8.04. The molecule has 4 N–H and O–H groups in total. The van der Waals surface area contributed by atoms with E-state index in [1.165, 1.54) is 0 Å².